The van der Waals surface area contributed by atoms with Crippen molar-refractivity contribution in [2.45, 2.75) is 4.34 Å². The highest BCUT2D eigenvalue weighted by molar-refractivity contribution is 8.01. The lowest BCUT2D eigenvalue weighted by atomic mass is 10.3. The van der Waals surface area contributed by atoms with Crippen LogP contribution < -0.4 is 5.32 Å². The number of thioether (sulfide) groups is 1. The zero-order valence-corrected chi connectivity index (χ0v) is 12.5. The first-order valence-electron chi connectivity index (χ1n) is 5.69. The third kappa shape index (κ3) is 5.00. The molecule has 2 aromatic heterocycles. The van der Waals surface area contributed by atoms with Gasteiger partial charge in [-0.05, 0) is 6.08 Å². The normalized spacial score (nSPS) is 10.9. The summed E-state index contributed by atoms with van der Waals surface area (Å²) in [6, 6.07) is 0. The van der Waals surface area contributed by atoms with Crippen LogP contribution in [0.25, 0.3) is 6.08 Å². The lowest BCUT2D eigenvalue weighted by Gasteiger charge is -1.93. The highest BCUT2D eigenvalue weighted by Gasteiger charge is 2.08. The van der Waals surface area contributed by atoms with Crippen LogP contribution >= 0.6 is 23.1 Å². The molecule has 0 radical (unpaired) electrons. The fourth-order valence-corrected chi connectivity index (χ4v) is 2.76. The summed E-state index contributed by atoms with van der Waals surface area (Å²) in [7, 11) is 1.79. The molecule has 0 aromatic carbocycles. The van der Waals surface area contributed by atoms with Crippen molar-refractivity contribution in [3.05, 3.63) is 24.0 Å². The van der Waals surface area contributed by atoms with E-state index in [4.69, 9.17) is 5.11 Å². The Balaban J connectivity index is 1.87. The van der Waals surface area contributed by atoms with Crippen molar-refractivity contribution in [1.82, 2.24) is 20.0 Å². The molecule has 0 unspecified atom stereocenters. The van der Waals surface area contributed by atoms with Gasteiger partial charge in [0, 0.05) is 24.9 Å². The monoisotopic (exact) mass is 325 g/mol. The van der Waals surface area contributed by atoms with Crippen molar-refractivity contribution < 1.29 is 14.7 Å². The number of hydrogen-bond donors (Lipinski definition) is 2. The van der Waals surface area contributed by atoms with E-state index in [9.17, 15) is 9.59 Å². The Kier molecular flexibility index (Phi) is 5.06. The summed E-state index contributed by atoms with van der Waals surface area (Å²) in [4.78, 5) is 22.1. The molecule has 2 heterocycles. The van der Waals surface area contributed by atoms with Crippen molar-refractivity contribution in [2.24, 2.45) is 7.05 Å². The Bertz CT molecular complexity index is 679. The number of nitrogens with zero attached hydrogens (tertiary/aromatic N) is 4. The summed E-state index contributed by atoms with van der Waals surface area (Å²) in [5, 5.41) is 23.0. The zero-order valence-electron chi connectivity index (χ0n) is 10.9. The summed E-state index contributed by atoms with van der Waals surface area (Å²) in [6.45, 7) is 0. The van der Waals surface area contributed by atoms with E-state index in [1.54, 1.807) is 30.2 Å². The maximum absolute atomic E-state index is 11.7. The number of carboxylic acids is 1. The topological polar surface area (TPSA) is 110 Å². The molecule has 0 spiro atoms. The summed E-state index contributed by atoms with van der Waals surface area (Å²) in [5.74, 6) is -1.37. The van der Waals surface area contributed by atoms with Crippen LogP contribution in [0.15, 0.2) is 22.8 Å². The second-order valence-electron chi connectivity index (χ2n) is 3.83. The van der Waals surface area contributed by atoms with Gasteiger partial charge in [-0.25, -0.2) is 0 Å². The molecule has 2 N–H and O–H groups in total. The first-order valence-corrected chi connectivity index (χ1v) is 7.49. The second kappa shape index (κ2) is 6.99. The van der Waals surface area contributed by atoms with Gasteiger partial charge < -0.3 is 5.11 Å². The van der Waals surface area contributed by atoms with Gasteiger partial charge in [0.25, 0.3) is 0 Å². The van der Waals surface area contributed by atoms with Gasteiger partial charge >= 0.3 is 5.97 Å². The van der Waals surface area contributed by atoms with Gasteiger partial charge in [-0.1, -0.05) is 23.1 Å². The van der Waals surface area contributed by atoms with Crippen LogP contribution in [0.4, 0.5) is 5.13 Å². The maximum atomic E-state index is 11.7. The minimum Gasteiger partial charge on any atom is -0.481 e. The van der Waals surface area contributed by atoms with Crippen molar-refractivity contribution >= 4 is 46.2 Å². The van der Waals surface area contributed by atoms with Crippen molar-refractivity contribution in [1.29, 1.82) is 0 Å². The number of carbonyl (C=O) groups is 2. The van der Waals surface area contributed by atoms with Gasteiger partial charge in [-0.2, -0.15) is 5.10 Å². The van der Waals surface area contributed by atoms with E-state index < -0.39 is 5.97 Å². The van der Waals surface area contributed by atoms with E-state index in [2.05, 4.69) is 20.6 Å². The lowest BCUT2D eigenvalue weighted by molar-refractivity contribution is -0.133. The Labute approximate surface area is 127 Å². The minimum atomic E-state index is -0.930. The number of nitrogens with one attached hydrogen (secondary N) is 1. The van der Waals surface area contributed by atoms with Crippen LogP contribution in [0, 0.1) is 0 Å². The molecule has 0 saturated carbocycles. The summed E-state index contributed by atoms with van der Waals surface area (Å²) >= 11 is 2.18. The Morgan fingerprint density at radius 1 is 1.52 bits per heavy atom. The quantitative estimate of drug-likeness (QED) is 0.465. The summed E-state index contributed by atoms with van der Waals surface area (Å²) in [6.07, 6.45) is 6.40. The molecular formula is C11H11N5O3S2. The molecule has 21 heavy (non-hydrogen) atoms. The molecule has 8 nitrogen and oxygen atoms in total. The first kappa shape index (κ1) is 15.2. The SMILES string of the molecule is Cn1cc(C=CC(=O)Nc2nnc(SCC(=O)O)s2)cn1. The molecule has 2 rings (SSSR count). The molecule has 0 fully saturated rings. The van der Waals surface area contributed by atoms with Crippen LogP contribution in [-0.4, -0.2) is 42.7 Å². The number of aliphatic carboxylic acids is 1. The predicted molar refractivity (Wildman–Crippen MR) is 79.1 cm³/mol. The van der Waals surface area contributed by atoms with Gasteiger partial charge in [-0.3, -0.25) is 19.6 Å². The molecule has 0 bridgehead atoms. The highest BCUT2D eigenvalue weighted by atomic mass is 32.2. The standard InChI is InChI=1S/C11H11N5O3S2/c1-16-5-7(4-12-16)2-3-8(17)13-10-14-15-11(21-10)20-6-9(18)19/h2-5H,6H2,1H3,(H,18,19)(H,13,14,17). The van der Waals surface area contributed by atoms with E-state index in [-0.39, 0.29) is 11.7 Å². The lowest BCUT2D eigenvalue weighted by Crippen LogP contribution is -2.07. The molecule has 2 aromatic rings. The van der Waals surface area contributed by atoms with Crippen LogP contribution in [0.5, 0.6) is 0 Å². The van der Waals surface area contributed by atoms with Crippen molar-refractivity contribution in [3.8, 4) is 0 Å². The fraction of sp³-hybridized carbons (Fsp3) is 0.182. The predicted octanol–water partition coefficient (Wildman–Crippen LogP) is 1.10. The summed E-state index contributed by atoms with van der Waals surface area (Å²) in [5.41, 5.74) is 0.808. The van der Waals surface area contributed by atoms with Gasteiger partial charge in [-0.15, -0.1) is 10.2 Å². The Morgan fingerprint density at radius 3 is 3.00 bits per heavy atom. The van der Waals surface area contributed by atoms with Gasteiger partial charge in [0.05, 0.1) is 11.9 Å². The molecular weight excluding hydrogens is 314 g/mol. The maximum Gasteiger partial charge on any atom is 0.313 e. The number of carboxylic acid groups (broad SMARTS) is 1. The molecule has 1 amide bonds. The number of aryl methyl sites for hydroxylation is 1. The fourth-order valence-electron chi connectivity index (χ4n) is 1.29. The van der Waals surface area contributed by atoms with E-state index in [0.717, 1.165) is 28.7 Å². The number of aromatic nitrogens is 4. The average Bonchev–Trinajstić information content (AvgIpc) is 3.03. The van der Waals surface area contributed by atoms with Crippen LogP contribution in [0.2, 0.25) is 0 Å². The molecule has 0 aliphatic rings. The summed E-state index contributed by atoms with van der Waals surface area (Å²) < 4.78 is 2.12. The number of amides is 1. The van der Waals surface area contributed by atoms with E-state index in [1.807, 2.05) is 0 Å². The van der Waals surface area contributed by atoms with Crippen LogP contribution in [0.1, 0.15) is 5.56 Å². The average molecular weight is 325 g/mol. The van der Waals surface area contributed by atoms with Gasteiger partial charge in [0.2, 0.25) is 11.0 Å². The third-order valence-corrected chi connectivity index (χ3v) is 4.06. The van der Waals surface area contributed by atoms with E-state index in [1.165, 1.54) is 6.08 Å². The smallest absolute Gasteiger partial charge is 0.313 e. The van der Waals surface area contributed by atoms with Gasteiger partial charge in [0.15, 0.2) is 4.34 Å². The van der Waals surface area contributed by atoms with E-state index >= 15 is 0 Å². The molecule has 0 aliphatic heterocycles. The van der Waals surface area contributed by atoms with Crippen LogP contribution in [-0.2, 0) is 16.6 Å². The Hall–Kier alpha value is -2.20. The highest BCUT2D eigenvalue weighted by Crippen LogP contribution is 2.25. The van der Waals surface area contributed by atoms with Crippen molar-refractivity contribution in [2.75, 3.05) is 11.1 Å². The first-order chi connectivity index (χ1) is 10.0. The molecule has 0 saturated heterocycles. The van der Waals surface area contributed by atoms with E-state index in [0.29, 0.717) is 9.47 Å². The number of hydrogen-bond acceptors (Lipinski definition) is 7. The Morgan fingerprint density at radius 2 is 2.33 bits per heavy atom. The van der Waals surface area contributed by atoms with Gasteiger partial charge in [0.1, 0.15) is 0 Å². The second-order valence-corrected chi connectivity index (χ2v) is 6.03. The van der Waals surface area contributed by atoms with Crippen molar-refractivity contribution in [3.63, 3.8) is 0 Å². The molecule has 110 valence electrons. The molecule has 0 atom stereocenters. The third-order valence-electron chi connectivity index (χ3n) is 2.11. The zero-order chi connectivity index (χ0) is 15.2. The largest absolute Gasteiger partial charge is 0.481 e. The number of rotatable bonds is 6. The molecule has 10 heteroatoms. The minimum absolute atomic E-state index is 0.0938. The number of carbonyl (C=O) groups excluding carboxylic acids is 1. The molecule has 0 aliphatic carbocycles. The number of anilines is 1. The van der Waals surface area contributed by atoms with Crippen LogP contribution in [0.3, 0.4) is 0 Å².